The number of pyridine rings is 2. The molecule has 0 radical (unpaired) electrons. The summed E-state index contributed by atoms with van der Waals surface area (Å²) in [6, 6.07) is 28.9. The Hall–Kier alpha value is -3.16. The molecule has 4 aromatic carbocycles. The van der Waals surface area contributed by atoms with Crippen LogP contribution in [-0.2, 0) is 40.5 Å². The number of benzene rings is 4. The molecular weight excluding hydrogens is 1000 g/mol. The Kier molecular flexibility index (Phi) is 19.4. The van der Waals surface area contributed by atoms with Crippen LogP contribution in [0.25, 0.3) is 79.5 Å². The maximum Gasteiger partial charge on any atom is 1.00 e. The number of aromatic nitrogens is 8. The summed E-state index contributed by atoms with van der Waals surface area (Å²) in [5.41, 5.74) is 0.812. The average molecular weight is 1030 g/mol. The molecule has 20 nitrogen and oxygen atoms in total. The number of rotatable bonds is 11. The molecule has 0 unspecified atom stereocenters. The van der Waals surface area contributed by atoms with Gasteiger partial charge in [0.2, 0.25) is 11.6 Å². The van der Waals surface area contributed by atoms with Gasteiger partial charge in [-0.2, -0.15) is 0 Å². The van der Waals surface area contributed by atoms with Crippen molar-refractivity contribution in [3.8, 4) is 79.5 Å². The van der Waals surface area contributed by atoms with Gasteiger partial charge in [-0.3, -0.25) is 0 Å². The Bertz CT molecular complexity index is 3440. The van der Waals surface area contributed by atoms with E-state index in [1.54, 1.807) is 24.3 Å². The maximum atomic E-state index is 12.0. The Morgan fingerprint density at radius 1 is 0.294 bits per heavy atom. The van der Waals surface area contributed by atoms with E-state index in [0.717, 1.165) is 48.5 Å². The van der Waals surface area contributed by atoms with E-state index < -0.39 is 60.1 Å². The molecule has 8 aromatic rings. The van der Waals surface area contributed by atoms with Crippen molar-refractivity contribution in [1.29, 1.82) is 0 Å². The summed E-state index contributed by atoms with van der Waals surface area (Å²) >= 11 is 0. The predicted molar refractivity (Wildman–Crippen MR) is 219 cm³/mol. The maximum absolute atomic E-state index is 12.0. The van der Waals surface area contributed by atoms with Crippen LogP contribution in [0.3, 0.4) is 0 Å². The summed E-state index contributed by atoms with van der Waals surface area (Å²) in [5, 5.41) is 16.9. The van der Waals surface area contributed by atoms with E-state index in [1.165, 1.54) is 60.7 Å². The van der Waals surface area contributed by atoms with Crippen molar-refractivity contribution in [1.82, 2.24) is 40.3 Å². The molecule has 0 N–H and O–H groups in total. The van der Waals surface area contributed by atoms with E-state index in [-0.39, 0.29) is 198 Å². The van der Waals surface area contributed by atoms with Gasteiger partial charge in [-0.1, -0.05) is 60.7 Å². The third-order valence-corrected chi connectivity index (χ3v) is 12.5. The summed E-state index contributed by atoms with van der Waals surface area (Å²) in [4.78, 5) is 16.2. The average Bonchev–Trinajstić information content (AvgIpc) is 3.28. The fourth-order valence-electron chi connectivity index (χ4n) is 6.26. The zero-order chi connectivity index (χ0) is 45.6. The Morgan fingerprint density at radius 2 is 0.544 bits per heavy atom. The first kappa shape index (κ1) is 57.4. The quantitative estimate of drug-likeness (QED) is 0.0858. The minimum absolute atomic E-state index is 0. The van der Waals surface area contributed by atoms with Crippen molar-refractivity contribution < 1.29 is 170 Å². The Morgan fingerprint density at radius 3 is 0.824 bits per heavy atom. The van der Waals surface area contributed by atoms with E-state index in [1.807, 2.05) is 0 Å². The molecule has 0 fully saturated rings. The van der Waals surface area contributed by atoms with Gasteiger partial charge in [0.05, 0.1) is 31.0 Å². The van der Waals surface area contributed by atoms with E-state index in [2.05, 4.69) is 40.3 Å². The number of hydrogen-bond acceptors (Lipinski definition) is 20. The molecule has 322 valence electrons. The molecule has 68 heavy (non-hydrogen) atoms. The number of nitrogens with zero attached hydrogens (tertiary/aromatic N) is 8. The molecule has 0 saturated heterocycles. The molecule has 0 amide bonds. The Labute approximate surface area is 477 Å². The van der Waals surface area contributed by atoms with Crippen LogP contribution in [0.5, 0.6) is 0 Å². The normalized spacial score (nSPS) is 11.5. The molecule has 4 heterocycles. The molecule has 0 aliphatic heterocycles. The van der Waals surface area contributed by atoms with Gasteiger partial charge >= 0.3 is 118 Å². The fraction of sp³-hybridized carbons (Fsp3) is 0. The summed E-state index contributed by atoms with van der Waals surface area (Å²) in [7, 11) is -19.7. The fourth-order valence-corrected chi connectivity index (χ4v) is 8.33. The zero-order valence-corrected chi connectivity index (χ0v) is 47.1. The largest absolute Gasteiger partial charge is 1.00 e. The first-order valence-corrected chi connectivity index (χ1v) is 23.6. The van der Waals surface area contributed by atoms with E-state index >= 15 is 0 Å². The van der Waals surface area contributed by atoms with Crippen molar-refractivity contribution in [2.45, 2.75) is 19.6 Å². The van der Waals surface area contributed by atoms with E-state index in [4.69, 9.17) is 0 Å². The smallest absolute Gasteiger partial charge is 0.744 e. The number of hydrogen-bond donors (Lipinski definition) is 0. The van der Waals surface area contributed by atoms with Gasteiger partial charge in [-0.15, -0.1) is 20.4 Å². The minimum atomic E-state index is -4.93. The van der Waals surface area contributed by atoms with Gasteiger partial charge in [0, 0.05) is 22.3 Å². The van der Waals surface area contributed by atoms with Crippen LogP contribution in [0.4, 0.5) is 0 Å². The van der Waals surface area contributed by atoms with Crippen LogP contribution < -0.4 is 118 Å². The second-order valence-electron chi connectivity index (χ2n) is 13.4. The van der Waals surface area contributed by atoms with Gasteiger partial charge in [0.1, 0.15) is 74.6 Å². The van der Waals surface area contributed by atoms with Crippen LogP contribution in [0.15, 0.2) is 153 Å². The molecule has 28 heteroatoms. The zero-order valence-electron chi connectivity index (χ0n) is 35.8. The first-order valence-electron chi connectivity index (χ1n) is 17.9. The van der Waals surface area contributed by atoms with Gasteiger partial charge < -0.3 is 18.2 Å². The van der Waals surface area contributed by atoms with Crippen LogP contribution in [0.2, 0.25) is 0 Å². The molecule has 0 aliphatic carbocycles. The summed E-state index contributed by atoms with van der Waals surface area (Å²) < 4.78 is 143. The molecule has 0 saturated carbocycles. The van der Waals surface area contributed by atoms with Gasteiger partial charge in [-0.25, -0.2) is 53.6 Å². The van der Waals surface area contributed by atoms with Crippen LogP contribution in [-0.4, -0.2) is 92.2 Å². The third kappa shape index (κ3) is 13.2. The molecule has 8 rings (SSSR count). The molecule has 4 aromatic heterocycles. The van der Waals surface area contributed by atoms with Gasteiger partial charge in [-0.05, 0) is 72.8 Å². The van der Waals surface area contributed by atoms with Crippen molar-refractivity contribution in [2.75, 3.05) is 0 Å². The Balaban J connectivity index is 0.00000252. The SMILES string of the molecule is O=S(=O)([O-])c1cccc(-c2nnc(-c3cccc(-c4cccc(-c5nnc(-c6cccc(S(=O)(=O)[O-])c6)c(-c6cccc(S(=O)(=O)[O-])c6)n5)n4)n3)nc2-c2cccc(S(=O)(=O)[O-])c2)c1.[Na+].[Na+].[Na+].[Na+]. The minimum Gasteiger partial charge on any atom is -0.744 e. The monoisotopic (exact) mass is 1030 g/mol. The molecule has 0 bridgehead atoms. The van der Waals surface area contributed by atoms with E-state index in [9.17, 15) is 51.9 Å². The second-order valence-corrected chi connectivity index (χ2v) is 18.9. The van der Waals surface area contributed by atoms with Gasteiger partial charge in [0.25, 0.3) is 0 Å². The predicted octanol–water partition coefficient (Wildman–Crippen LogP) is -7.85. The summed E-state index contributed by atoms with van der Waals surface area (Å²) in [6.45, 7) is 0. The van der Waals surface area contributed by atoms with Crippen molar-refractivity contribution in [3.63, 3.8) is 0 Å². The molecular formula is C40H22N8Na4O12S4. The van der Waals surface area contributed by atoms with E-state index in [0.29, 0.717) is 0 Å². The standard InChI is InChI=1S/C40H26N8O12S4.4Na/c49-61(50,51)27-11-1-7-23(19-27)35-37(25-9-3-13-29(21-25)63(55,56)57)45-47-39(43-35)33-17-5-15-31(41-33)32-16-6-18-34(42-32)40-44-36(24-8-2-12-28(20-24)62(52,53)54)38(46-48-40)26-10-4-14-30(22-26)64(58,59)60;;;;/h1-22H,(H,49,50,51)(H,52,53,54)(H,55,56,57)(H,58,59,60);;;;/q;4*+1/p-4. The third-order valence-electron chi connectivity index (χ3n) is 9.18. The molecule has 0 aliphatic rings. The topological polar surface area (TPSA) is 332 Å². The summed E-state index contributed by atoms with van der Waals surface area (Å²) in [6.07, 6.45) is 0. The van der Waals surface area contributed by atoms with Crippen LogP contribution >= 0.6 is 0 Å². The van der Waals surface area contributed by atoms with Crippen molar-refractivity contribution in [2.24, 2.45) is 0 Å². The second kappa shape index (κ2) is 22.9. The van der Waals surface area contributed by atoms with Crippen LogP contribution in [0.1, 0.15) is 0 Å². The van der Waals surface area contributed by atoms with Crippen LogP contribution in [0, 0.1) is 0 Å². The van der Waals surface area contributed by atoms with Gasteiger partial charge in [0.15, 0.2) is 0 Å². The molecule has 0 spiro atoms. The van der Waals surface area contributed by atoms with Crippen molar-refractivity contribution >= 4 is 40.5 Å². The van der Waals surface area contributed by atoms with Crippen molar-refractivity contribution in [3.05, 3.63) is 133 Å². The first-order chi connectivity index (χ1) is 30.2. The molecule has 0 atom stereocenters. The summed E-state index contributed by atoms with van der Waals surface area (Å²) in [5.74, 6) is -0.215.